The Morgan fingerprint density at radius 2 is 1.14 bits per heavy atom. The van der Waals surface area contributed by atoms with Crippen molar-refractivity contribution in [1.29, 1.82) is 0 Å². The zero-order valence-electron chi connectivity index (χ0n) is 10.0. The first-order chi connectivity index (χ1) is 4.41. The van der Waals surface area contributed by atoms with Crippen LogP contribution in [0.4, 0.5) is 0 Å². The molecule has 0 unspecified atom stereocenters. The summed E-state index contributed by atoms with van der Waals surface area (Å²) >= 11 is 0. The first-order valence-corrected chi connectivity index (χ1v) is 4.15. The van der Waals surface area contributed by atoms with Crippen molar-refractivity contribution in [3.05, 3.63) is 5.32 Å². The van der Waals surface area contributed by atoms with E-state index in [1.807, 2.05) is 0 Å². The maximum absolute atomic E-state index is 4.75. The second kappa shape index (κ2) is 8.99. The SMILES string of the molecule is CC1(C)CCCC(C)(C)[N-]1.[Cl-].[Cl-].[Li+].[Mg+2]. The fourth-order valence-electron chi connectivity index (χ4n) is 1.88. The van der Waals surface area contributed by atoms with E-state index in [-0.39, 0.29) is 77.8 Å². The van der Waals surface area contributed by atoms with Crippen LogP contribution in [0.2, 0.25) is 0 Å². The summed E-state index contributed by atoms with van der Waals surface area (Å²) < 4.78 is 0. The fraction of sp³-hybridized carbons (Fsp3) is 1.00. The molecule has 76 valence electrons. The predicted octanol–water partition coefficient (Wildman–Crippen LogP) is -6.27. The normalized spacial score (nSPS) is 21.4. The zero-order valence-corrected chi connectivity index (χ0v) is 13.0. The number of hydrogen-bond acceptors (Lipinski definition) is 0. The maximum atomic E-state index is 4.75. The molecule has 0 amide bonds. The van der Waals surface area contributed by atoms with Crippen molar-refractivity contribution in [1.82, 2.24) is 0 Å². The Morgan fingerprint density at radius 1 is 0.857 bits per heavy atom. The Balaban J connectivity index is -0.000000125. The number of hydrogen-bond donors (Lipinski definition) is 0. The van der Waals surface area contributed by atoms with Crippen LogP contribution in [0, 0.1) is 0 Å². The van der Waals surface area contributed by atoms with E-state index in [9.17, 15) is 0 Å². The first-order valence-electron chi connectivity index (χ1n) is 4.15. The maximum Gasteiger partial charge on any atom is 2.00 e. The van der Waals surface area contributed by atoms with Gasteiger partial charge in [0.1, 0.15) is 0 Å². The third-order valence-corrected chi connectivity index (χ3v) is 2.18. The predicted molar refractivity (Wildman–Crippen MR) is 51.1 cm³/mol. The van der Waals surface area contributed by atoms with Crippen LogP contribution >= 0.6 is 0 Å². The third kappa shape index (κ3) is 9.15. The van der Waals surface area contributed by atoms with Gasteiger partial charge in [0.25, 0.3) is 0 Å². The largest absolute Gasteiger partial charge is 2.00 e. The van der Waals surface area contributed by atoms with E-state index in [4.69, 9.17) is 5.32 Å². The quantitative estimate of drug-likeness (QED) is 0.375. The van der Waals surface area contributed by atoms with Crippen molar-refractivity contribution >= 4 is 23.1 Å². The van der Waals surface area contributed by atoms with Gasteiger partial charge in [-0.2, -0.15) is 0 Å². The van der Waals surface area contributed by atoms with Crippen molar-refractivity contribution in [2.24, 2.45) is 0 Å². The number of nitrogens with zero attached hydrogens (tertiary/aromatic N) is 1. The van der Waals surface area contributed by atoms with Crippen LogP contribution in [0.3, 0.4) is 0 Å². The van der Waals surface area contributed by atoms with Crippen molar-refractivity contribution < 1.29 is 43.7 Å². The Bertz CT molecular complexity index is 129. The van der Waals surface area contributed by atoms with Gasteiger partial charge in [-0.3, -0.25) is 0 Å². The average molecular weight is 242 g/mol. The van der Waals surface area contributed by atoms with Gasteiger partial charge >= 0.3 is 41.9 Å². The summed E-state index contributed by atoms with van der Waals surface area (Å²) in [6.45, 7) is 8.92. The van der Waals surface area contributed by atoms with Crippen molar-refractivity contribution in [3.8, 4) is 0 Å². The molecule has 1 rings (SSSR count). The Labute approximate surface area is 129 Å². The summed E-state index contributed by atoms with van der Waals surface area (Å²) in [4.78, 5) is 0. The fourth-order valence-corrected chi connectivity index (χ4v) is 1.88. The number of piperidine rings is 1. The molecular formula is C9H18Cl2LiMgN. The van der Waals surface area contributed by atoms with Crippen LogP contribution in [0.15, 0.2) is 0 Å². The van der Waals surface area contributed by atoms with Gasteiger partial charge in [0.2, 0.25) is 0 Å². The molecule has 0 aromatic carbocycles. The van der Waals surface area contributed by atoms with E-state index in [2.05, 4.69) is 27.7 Å². The molecule has 14 heavy (non-hydrogen) atoms. The summed E-state index contributed by atoms with van der Waals surface area (Å²) in [5.74, 6) is 0. The van der Waals surface area contributed by atoms with Crippen molar-refractivity contribution in [2.45, 2.75) is 58.0 Å². The molecule has 0 N–H and O–H groups in total. The van der Waals surface area contributed by atoms with Gasteiger partial charge < -0.3 is 30.1 Å². The number of rotatable bonds is 0. The molecule has 0 radical (unpaired) electrons. The van der Waals surface area contributed by atoms with Gasteiger partial charge in [0.05, 0.1) is 0 Å². The summed E-state index contributed by atoms with van der Waals surface area (Å²) in [6.07, 6.45) is 3.86. The summed E-state index contributed by atoms with van der Waals surface area (Å²) in [5.41, 5.74) is 0.476. The average Bonchev–Trinajstić information content (AvgIpc) is 1.56. The summed E-state index contributed by atoms with van der Waals surface area (Å²) in [7, 11) is 0. The van der Waals surface area contributed by atoms with Crippen LogP contribution in [-0.2, 0) is 0 Å². The van der Waals surface area contributed by atoms with E-state index in [1.54, 1.807) is 0 Å². The van der Waals surface area contributed by atoms with Crippen LogP contribution in [0.25, 0.3) is 5.32 Å². The Hall–Kier alpha value is 1.90. The van der Waals surface area contributed by atoms with Gasteiger partial charge in [0, 0.05) is 0 Å². The molecule has 1 aliphatic heterocycles. The summed E-state index contributed by atoms with van der Waals surface area (Å²) in [6, 6.07) is 0. The molecule has 1 aliphatic rings. The molecule has 1 saturated heterocycles. The van der Waals surface area contributed by atoms with E-state index < -0.39 is 0 Å². The van der Waals surface area contributed by atoms with Gasteiger partial charge in [-0.1, -0.05) is 47.0 Å². The van der Waals surface area contributed by atoms with E-state index in [0.29, 0.717) is 0 Å². The summed E-state index contributed by atoms with van der Waals surface area (Å²) in [5, 5.41) is 4.75. The van der Waals surface area contributed by atoms with Gasteiger partial charge in [0.15, 0.2) is 0 Å². The molecule has 0 aromatic rings. The molecule has 0 aromatic heterocycles. The standard InChI is InChI=1S/C9H18N.2ClH.Li.Mg/c1-8(2)6-5-7-9(3,4)10-8;;;;/h5-7H2,1-4H3;2*1H;;/q-1;;;+1;+2/p-2. The van der Waals surface area contributed by atoms with Crippen LogP contribution in [0.1, 0.15) is 47.0 Å². The van der Waals surface area contributed by atoms with Crippen molar-refractivity contribution in [2.75, 3.05) is 0 Å². The van der Waals surface area contributed by atoms with Gasteiger partial charge in [-0.15, -0.1) is 11.1 Å². The van der Waals surface area contributed by atoms with Crippen LogP contribution in [0.5, 0.6) is 0 Å². The van der Waals surface area contributed by atoms with Crippen molar-refractivity contribution in [3.63, 3.8) is 0 Å². The second-order valence-corrected chi connectivity index (χ2v) is 4.59. The molecule has 5 heteroatoms. The first kappa shape index (κ1) is 24.9. The topological polar surface area (TPSA) is 14.1 Å². The minimum Gasteiger partial charge on any atom is -1.00 e. The molecule has 0 saturated carbocycles. The Kier molecular flexibility index (Phi) is 16.0. The van der Waals surface area contributed by atoms with E-state index in [0.717, 1.165) is 0 Å². The third-order valence-electron chi connectivity index (χ3n) is 2.18. The minimum absolute atomic E-state index is 0. The van der Waals surface area contributed by atoms with Gasteiger partial charge in [-0.25, -0.2) is 0 Å². The molecule has 1 fully saturated rings. The zero-order chi connectivity index (χ0) is 7.83. The molecule has 0 atom stereocenters. The molecule has 0 bridgehead atoms. The van der Waals surface area contributed by atoms with E-state index >= 15 is 0 Å². The Morgan fingerprint density at radius 3 is 1.29 bits per heavy atom. The molecule has 0 aliphatic carbocycles. The second-order valence-electron chi connectivity index (χ2n) is 4.59. The smallest absolute Gasteiger partial charge is 1.00 e. The van der Waals surface area contributed by atoms with Gasteiger partial charge in [-0.05, 0) is 0 Å². The van der Waals surface area contributed by atoms with Crippen LogP contribution in [-0.4, -0.2) is 34.1 Å². The molecular weight excluding hydrogens is 224 g/mol. The van der Waals surface area contributed by atoms with Crippen LogP contribution < -0.4 is 43.7 Å². The minimum atomic E-state index is 0. The monoisotopic (exact) mass is 241 g/mol. The molecule has 1 heterocycles. The molecule has 1 nitrogen and oxygen atoms in total. The van der Waals surface area contributed by atoms with E-state index in [1.165, 1.54) is 19.3 Å². The number of halogens is 2. The molecule has 0 spiro atoms.